The molecule has 2 aromatic heterocycles. The van der Waals surface area contributed by atoms with Crippen molar-refractivity contribution in [3.8, 4) is 0 Å². The van der Waals surface area contributed by atoms with E-state index in [0.717, 1.165) is 42.5 Å². The molecule has 7 heteroatoms. The summed E-state index contributed by atoms with van der Waals surface area (Å²) in [4.78, 5) is 20.6. The van der Waals surface area contributed by atoms with Gasteiger partial charge in [-0.2, -0.15) is 0 Å². The molecule has 0 saturated carbocycles. The molecule has 0 radical (unpaired) electrons. The Labute approximate surface area is 135 Å². The third-order valence-electron chi connectivity index (χ3n) is 3.47. The fraction of sp³-hybridized carbons (Fsp3) is 0.357. The highest BCUT2D eigenvalue weighted by Crippen LogP contribution is 2.21. The molecule has 114 valence electrons. The Morgan fingerprint density at radius 2 is 2.14 bits per heavy atom. The van der Waals surface area contributed by atoms with Crippen LogP contribution < -0.4 is 10.6 Å². The van der Waals surface area contributed by atoms with Crippen molar-refractivity contribution in [3.05, 3.63) is 30.7 Å². The summed E-state index contributed by atoms with van der Waals surface area (Å²) in [6, 6.07) is 3.66. The van der Waals surface area contributed by atoms with Crippen LogP contribution in [0.15, 0.2) is 30.7 Å². The lowest BCUT2D eigenvalue weighted by molar-refractivity contribution is -0.120. The summed E-state index contributed by atoms with van der Waals surface area (Å²) in [6.45, 7) is 1.76. The van der Waals surface area contributed by atoms with Gasteiger partial charge in [-0.3, -0.25) is 14.8 Å². The van der Waals surface area contributed by atoms with E-state index in [-0.39, 0.29) is 36.6 Å². The summed E-state index contributed by atoms with van der Waals surface area (Å²) in [5, 5.41) is 7.13. The smallest absolute Gasteiger partial charge is 0.228 e. The van der Waals surface area contributed by atoms with E-state index in [4.69, 9.17) is 0 Å². The zero-order valence-electron chi connectivity index (χ0n) is 11.4. The monoisotopic (exact) mass is 328 g/mol. The number of hydrogen-bond donors (Lipinski definition) is 2. The number of amides is 1. The first-order valence-electron chi connectivity index (χ1n) is 6.55. The van der Waals surface area contributed by atoms with Crippen molar-refractivity contribution in [2.24, 2.45) is 5.92 Å². The zero-order chi connectivity index (χ0) is 13.1. The van der Waals surface area contributed by atoms with Crippen LogP contribution in [0.1, 0.15) is 12.8 Å². The number of hydrogen-bond acceptors (Lipinski definition) is 4. The normalized spacial score (nSPS) is 17.4. The van der Waals surface area contributed by atoms with Gasteiger partial charge in [0.2, 0.25) is 5.91 Å². The summed E-state index contributed by atoms with van der Waals surface area (Å²) in [6.07, 6.45) is 7.14. The summed E-state index contributed by atoms with van der Waals surface area (Å²) in [5.74, 6) is 0.122. The first-order chi connectivity index (χ1) is 9.34. The SMILES string of the molecule is Cl.Cl.O=C(Nc1ccnc2ccncc12)C1CCCNC1. The van der Waals surface area contributed by atoms with Gasteiger partial charge < -0.3 is 10.6 Å². The fourth-order valence-electron chi connectivity index (χ4n) is 2.41. The highest BCUT2D eigenvalue weighted by Gasteiger charge is 2.21. The molecule has 21 heavy (non-hydrogen) atoms. The number of carbonyl (C=O) groups is 1. The third-order valence-corrected chi connectivity index (χ3v) is 3.47. The third kappa shape index (κ3) is 4.03. The van der Waals surface area contributed by atoms with E-state index >= 15 is 0 Å². The second-order valence-electron chi connectivity index (χ2n) is 4.78. The summed E-state index contributed by atoms with van der Waals surface area (Å²) < 4.78 is 0. The molecule has 0 spiro atoms. The van der Waals surface area contributed by atoms with Crippen molar-refractivity contribution < 1.29 is 4.79 Å². The second-order valence-corrected chi connectivity index (χ2v) is 4.78. The lowest BCUT2D eigenvalue weighted by Gasteiger charge is -2.22. The van der Waals surface area contributed by atoms with E-state index in [1.54, 1.807) is 18.6 Å². The number of carbonyl (C=O) groups excluding carboxylic acids is 1. The topological polar surface area (TPSA) is 66.9 Å². The van der Waals surface area contributed by atoms with Crippen LogP contribution in [0.5, 0.6) is 0 Å². The van der Waals surface area contributed by atoms with Gasteiger partial charge in [0.15, 0.2) is 0 Å². The van der Waals surface area contributed by atoms with Crippen LogP contribution in [-0.4, -0.2) is 29.0 Å². The van der Waals surface area contributed by atoms with Crippen LogP contribution in [0.3, 0.4) is 0 Å². The molecule has 2 aromatic rings. The van der Waals surface area contributed by atoms with Crippen LogP contribution in [0.25, 0.3) is 10.9 Å². The average molecular weight is 329 g/mol. The van der Waals surface area contributed by atoms with Crippen LogP contribution in [-0.2, 0) is 4.79 Å². The van der Waals surface area contributed by atoms with Gasteiger partial charge in [0.25, 0.3) is 0 Å². The van der Waals surface area contributed by atoms with Crippen LogP contribution in [0.2, 0.25) is 0 Å². The van der Waals surface area contributed by atoms with Crippen LogP contribution >= 0.6 is 24.8 Å². The number of aromatic nitrogens is 2. The van der Waals surface area contributed by atoms with Crippen molar-refractivity contribution in [3.63, 3.8) is 0 Å². The van der Waals surface area contributed by atoms with Crippen LogP contribution in [0.4, 0.5) is 5.69 Å². The lowest BCUT2D eigenvalue weighted by Crippen LogP contribution is -2.37. The van der Waals surface area contributed by atoms with Gasteiger partial charge in [0.05, 0.1) is 17.1 Å². The van der Waals surface area contributed by atoms with E-state index in [2.05, 4.69) is 20.6 Å². The molecular weight excluding hydrogens is 311 g/mol. The minimum absolute atomic E-state index is 0. The molecule has 1 aliphatic heterocycles. The maximum atomic E-state index is 12.2. The average Bonchev–Trinajstić information content (AvgIpc) is 2.48. The molecule has 5 nitrogen and oxygen atoms in total. The maximum Gasteiger partial charge on any atom is 0.228 e. The van der Waals surface area contributed by atoms with Crippen molar-refractivity contribution >= 4 is 47.3 Å². The molecule has 1 unspecified atom stereocenters. The highest BCUT2D eigenvalue weighted by atomic mass is 35.5. The van der Waals surface area contributed by atoms with Gasteiger partial charge in [0, 0.05) is 30.5 Å². The van der Waals surface area contributed by atoms with Crippen molar-refractivity contribution in [2.75, 3.05) is 18.4 Å². The molecule has 1 fully saturated rings. The van der Waals surface area contributed by atoms with E-state index in [1.165, 1.54) is 0 Å². The van der Waals surface area contributed by atoms with E-state index in [9.17, 15) is 4.79 Å². The number of nitrogens with zero attached hydrogens (tertiary/aromatic N) is 2. The number of rotatable bonds is 2. The lowest BCUT2D eigenvalue weighted by atomic mass is 9.98. The fourth-order valence-corrected chi connectivity index (χ4v) is 2.41. The molecule has 1 amide bonds. The first-order valence-corrected chi connectivity index (χ1v) is 6.55. The molecule has 0 aliphatic carbocycles. The number of piperidine rings is 1. The van der Waals surface area contributed by atoms with Gasteiger partial charge in [-0.15, -0.1) is 24.8 Å². The number of fused-ring (bicyclic) bond motifs is 1. The van der Waals surface area contributed by atoms with E-state index in [1.807, 2.05) is 12.1 Å². The Bertz CT molecular complexity index is 597. The van der Waals surface area contributed by atoms with Gasteiger partial charge in [0.1, 0.15) is 0 Å². The number of pyridine rings is 2. The molecule has 1 aliphatic rings. The molecule has 2 N–H and O–H groups in total. The molecule has 0 bridgehead atoms. The standard InChI is InChI=1S/C14H16N4O.2ClH/c19-14(10-2-1-5-15-8-10)18-13-4-7-17-12-3-6-16-9-11(12)13;;/h3-4,6-7,9-10,15H,1-2,5,8H2,(H,17,18,19);2*1H. The van der Waals surface area contributed by atoms with Crippen molar-refractivity contribution in [1.82, 2.24) is 15.3 Å². The highest BCUT2D eigenvalue weighted by molar-refractivity contribution is 6.01. The van der Waals surface area contributed by atoms with Gasteiger partial charge in [-0.05, 0) is 31.5 Å². The van der Waals surface area contributed by atoms with Crippen molar-refractivity contribution in [2.45, 2.75) is 12.8 Å². The van der Waals surface area contributed by atoms with Gasteiger partial charge in [-0.25, -0.2) is 0 Å². The van der Waals surface area contributed by atoms with E-state index in [0.29, 0.717) is 0 Å². The molecule has 3 rings (SSSR count). The number of nitrogens with one attached hydrogen (secondary N) is 2. The predicted molar refractivity (Wildman–Crippen MR) is 88.3 cm³/mol. The molecule has 1 atom stereocenters. The van der Waals surface area contributed by atoms with Crippen LogP contribution in [0, 0.1) is 5.92 Å². The Hall–Kier alpha value is -1.43. The summed E-state index contributed by atoms with van der Waals surface area (Å²) in [5.41, 5.74) is 1.63. The molecule has 0 aromatic carbocycles. The van der Waals surface area contributed by atoms with E-state index < -0.39 is 0 Å². The molecule has 1 saturated heterocycles. The minimum Gasteiger partial charge on any atom is -0.325 e. The Morgan fingerprint density at radius 1 is 1.29 bits per heavy atom. The first kappa shape index (κ1) is 17.6. The zero-order valence-corrected chi connectivity index (χ0v) is 13.0. The Kier molecular flexibility index (Phi) is 6.81. The van der Waals surface area contributed by atoms with Gasteiger partial charge in [-0.1, -0.05) is 0 Å². The molecule has 3 heterocycles. The predicted octanol–water partition coefficient (Wildman–Crippen LogP) is 2.41. The quantitative estimate of drug-likeness (QED) is 0.888. The molecular formula is C14H18Cl2N4O. The van der Waals surface area contributed by atoms with Crippen molar-refractivity contribution in [1.29, 1.82) is 0 Å². The summed E-state index contributed by atoms with van der Waals surface area (Å²) >= 11 is 0. The van der Waals surface area contributed by atoms with Gasteiger partial charge >= 0.3 is 0 Å². The second kappa shape index (κ2) is 8.12. The Morgan fingerprint density at radius 3 is 2.90 bits per heavy atom. The summed E-state index contributed by atoms with van der Waals surface area (Å²) in [7, 11) is 0. The number of halogens is 2. The minimum atomic E-state index is 0. The number of anilines is 1. The maximum absolute atomic E-state index is 12.2. The Balaban J connectivity index is 0.00000110. The largest absolute Gasteiger partial charge is 0.325 e.